The molecular weight excluding hydrogens is 376 g/mol. The highest BCUT2D eigenvalue weighted by Crippen LogP contribution is 2.16. The molecule has 144 valence electrons. The number of hydrogen-bond acceptors (Lipinski definition) is 4. The third-order valence-electron chi connectivity index (χ3n) is 4.77. The highest BCUT2D eigenvalue weighted by molar-refractivity contribution is 7.92. The van der Waals surface area contributed by atoms with E-state index in [0.717, 1.165) is 11.1 Å². The quantitative estimate of drug-likeness (QED) is 0.677. The second kappa shape index (κ2) is 7.57. The monoisotopic (exact) mass is 396 g/mol. The normalized spacial score (nSPS) is 16.1. The van der Waals surface area contributed by atoms with Gasteiger partial charge in [-0.1, -0.05) is 36.4 Å². The summed E-state index contributed by atoms with van der Waals surface area (Å²) in [5.74, 6) is -0.127. The van der Waals surface area contributed by atoms with E-state index in [9.17, 15) is 13.2 Å². The van der Waals surface area contributed by atoms with E-state index in [-0.39, 0.29) is 19.0 Å². The van der Waals surface area contributed by atoms with Crippen molar-refractivity contribution in [3.05, 3.63) is 77.5 Å². The number of aromatic nitrogens is 2. The number of rotatable bonds is 4. The molecule has 0 unspecified atom stereocenters. The molecule has 1 aliphatic heterocycles. The third-order valence-corrected chi connectivity index (χ3v) is 6.34. The van der Waals surface area contributed by atoms with Gasteiger partial charge in [0.05, 0.1) is 17.3 Å². The van der Waals surface area contributed by atoms with E-state index in [4.69, 9.17) is 0 Å². The van der Waals surface area contributed by atoms with Crippen LogP contribution in [0.1, 0.15) is 15.9 Å². The number of nitrogens with zero attached hydrogens (tertiary/aromatic N) is 4. The zero-order chi connectivity index (χ0) is 19.6. The number of benzene rings is 1. The van der Waals surface area contributed by atoms with Crippen LogP contribution in [0.3, 0.4) is 0 Å². The van der Waals surface area contributed by atoms with Crippen LogP contribution in [0.4, 0.5) is 0 Å². The summed E-state index contributed by atoms with van der Waals surface area (Å²) in [7, 11) is -3.52. The van der Waals surface area contributed by atoms with Crippen molar-refractivity contribution in [2.24, 2.45) is 0 Å². The Labute approximate surface area is 163 Å². The minimum Gasteiger partial charge on any atom is -0.336 e. The topological polar surface area (TPSA) is 75.0 Å². The number of carbonyl (C=O) groups is 1. The summed E-state index contributed by atoms with van der Waals surface area (Å²) in [6, 6.07) is 14.8. The van der Waals surface area contributed by atoms with Crippen LogP contribution in [-0.2, 0) is 10.0 Å². The van der Waals surface area contributed by atoms with Crippen molar-refractivity contribution in [3.63, 3.8) is 0 Å². The minimum absolute atomic E-state index is 0.127. The number of amides is 1. The predicted octanol–water partition coefficient (Wildman–Crippen LogP) is 2.09. The van der Waals surface area contributed by atoms with Gasteiger partial charge < -0.3 is 4.90 Å². The van der Waals surface area contributed by atoms with Crippen LogP contribution in [-0.4, -0.2) is 59.3 Å². The second-order valence-corrected chi connectivity index (χ2v) is 8.36. The van der Waals surface area contributed by atoms with E-state index in [1.165, 1.54) is 9.71 Å². The molecule has 0 radical (unpaired) electrons. The fourth-order valence-corrected chi connectivity index (χ4v) is 4.40. The fraction of sp³-hybridized carbons (Fsp3) is 0.200. The fourth-order valence-electron chi connectivity index (χ4n) is 3.23. The van der Waals surface area contributed by atoms with Gasteiger partial charge in [-0.25, -0.2) is 12.9 Å². The van der Waals surface area contributed by atoms with Gasteiger partial charge in [-0.05, 0) is 23.8 Å². The Morgan fingerprint density at radius 2 is 1.68 bits per heavy atom. The van der Waals surface area contributed by atoms with E-state index in [2.05, 4.69) is 5.10 Å². The zero-order valence-electron chi connectivity index (χ0n) is 15.2. The van der Waals surface area contributed by atoms with Gasteiger partial charge in [0.2, 0.25) is 10.0 Å². The molecule has 1 aromatic carbocycles. The van der Waals surface area contributed by atoms with E-state index < -0.39 is 10.0 Å². The first-order valence-corrected chi connectivity index (χ1v) is 10.5. The first-order chi connectivity index (χ1) is 13.5. The molecule has 0 bridgehead atoms. The van der Waals surface area contributed by atoms with Gasteiger partial charge in [-0.15, -0.1) is 0 Å². The highest BCUT2D eigenvalue weighted by atomic mass is 32.2. The molecule has 3 heterocycles. The average Bonchev–Trinajstić information content (AvgIpc) is 3.17. The van der Waals surface area contributed by atoms with E-state index >= 15 is 0 Å². The van der Waals surface area contributed by atoms with Crippen molar-refractivity contribution in [1.82, 2.24) is 18.8 Å². The van der Waals surface area contributed by atoms with Crippen molar-refractivity contribution < 1.29 is 13.2 Å². The summed E-state index contributed by atoms with van der Waals surface area (Å²) in [6.45, 7) is 1.24. The summed E-state index contributed by atoms with van der Waals surface area (Å²) in [5, 5.41) is 5.42. The van der Waals surface area contributed by atoms with Crippen LogP contribution in [0.5, 0.6) is 0 Å². The molecule has 28 heavy (non-hydrogen) atoms. The Balaban J connectivity index is 1.43. The standard InChI is InChI=1S/C20H20N4O3S/c25-20(18-16-21-24-10-5-4-8-19(18)24)22-11-13-23(14-12-22)28(26,27)15-9-17-6-2-1-3-7-17/h1-10,15-16H,11-14H2. The highest BCUT2D eigenvalue weighted by Gasteiger charge is 2.28. The summed E-state index contributed by atoms with van der Waals surface area (Å²) in [6.07, 6.45) is 4.94. The van der Waals surface area contributed by atoms with Gasteiger partial charge in [0.25, 0.3) is 5.91 Å². The maximum Gasteiger partial charge on any atom is 0.257 e. The summed E-state index contributed by atoms with van der Waals surface area (Å²) in [4.78, 5) is 14.5. The molecule has 8 heteroatoms. The van der Waals surface area contributed by atoms with Crippen LogP contribution in [0.2, 0.25) is 0 Å². The van der Waals surface area contributed by atoms with Crippen LogP contribution in [0.15, 0.2) is 66.3 Å². The van der Waals surface area contributed by atoms with E-state index in [1.54, 1.807) is 27.9 Å². The Morgan fingerprint density at radius 1 is 0.964 bits per heavy atom. The lowest BCUT2D eigenvalue weighted by atomic mass is 10.2. The predicted molar refractivity (Wildman–Crippen MR) is 107 cm³/mol. The average molecular weight is 396 g/mol. The van der Waals surface area contributed by atoms with Gasteiger partial charge in [0, 0.05) is 37.8 Å². The van der Waals surface area contributed by atoms with Gasteiger partial charge >= 0.3 is 0 Å². The maximum absolute atomic E-state index is 12.8. The molecule has 7 nitrogen and oxygen atoms in total. The number of fused-ring (bicyclic) bond motifs is 1. The number of piperazine rings is 1. The summed E-state index contributed by atoms with van der Waals surface area (Å²) < 4.78 is 28.2. The number of pyridine rings is 1. The first-order valence-electron chi connectivity index (χ1n) is 8.99. The van der Waals surface area contributed by atoms with Crippen molar-refractivity contribution in [2.45, 2.75) is 0 Å². The van der Waals surface area contributed by atoms with Crippen molar-refractivity contribution in [2.75, 3.05) is 26.2 Å². The van der Waals surface area contributed by atoms with Crippen molar-refractivity contribution in [3.8, 4) is 0 Å². The molecule has 0 aliphatic carbocycles. The Kier molecular flexibility index (Phi) is 4.97. The molecule has 1 fully saturated rings. The first kappa shape index (κ1) is 18.4. The number of hydrogen-bond donors (Lipinski definition) is 0. The van der Waals surface area contributed by atoms with Gasteiger partial charge in [0.1, 0.15) is 0 Å². The molecule has 0 atom stereocenters. The molecule has 1 saturated heterocycles. The lowest BCUT2D eigenvalue weighted by Crippen LogP contribution is -2.50. The molecule has 0 saturated carbocycles. The Hall–Kier alpha value is -2.97. The number of carbonyl (C=O) groups excluding carboxylic acids is 1. The molecule has 3 aromatic rings. The smallest absolute Gasteiger partial charge is 0.257 e. The lowest BCUT2D eigenvalue weighted by Gasteiger charge is -2.33. The largest absolute Gasteiger partial charge is 0.336 e. The van der Waals surface area contributed by atoms with Gasteiger partial charge in [0.15, 0.2) is 0 Å². The Bertz CT molecular complexity index is 1110. The van der Waals surface area contributed by atoms with Crippen LogP contribution in [0, 0.1) is 0 Å². The maximum atomic E-state index is 12.8. The second-order valence-electron chi connectivity index (χ2n) is 6.54. The van der Waals surface area contributed by atoms with E-state index in [0.29, 0.717) is 18.7 Å². The molecule has 4 rings (SSSR count). The Morgan fingerprint density at radius 3 is 2.43 bits per heavy atom. The van der Waals surface area contributed by atoms with Gasteiger partial charge in [-0.2, -0.15) is 9.40 Å². The van der Waals surface area contributed by atoms with Crippen LogP contribution in [0.25, 0.3) is 11.6 Å². The van der Waals surface area contributed by atoms with Crippen LogP contribution >= 0.6 is 0 Å². The van der Waals surface area contributed by atoms with Crippen molar-refractivity contribution in [1.29, 1.82) is 0 Å². The van der Waals surface area contributed by atoms with Crippen molar-refractivity contribution >= 4 is 27.5 Å². The zero-order valence-corrected chi connectivity index (χ0v) is 16.0. The molecule has 2 aromatic heterocycles. The lowest BCUT2D eigenvalue weighted by molar-refractivity contribution is 0.0700. The molecule has 0 N–H and O–H groups in total. The SMILES string of the molecule is O=C(c1cnn2ccccc12)N1CCN(S(=O)(=O)C=Cc2ccccc2)CC1. The van der Waals surface area contributed by atoms with E-state index in [1.807, 2.05) is 48.5 Å². The minimum atomic E-state index is -3.52. The molecular formula is C20H20N4O3S. The third kappa shape index (κ3) is 3.69. The summed E-state index contributed by atoms with van der Waals surface area (Å²) >= 11 is 0. The molecule has 1 amide bonds. The van der Waals surface area contributed by atoms with Gasteiger partial charge in [-0.3, -0.25) is 4.79 Å². The summed E-state index contributed by atoms with van der Waals surface area (Å²) in [5.41, 5.74) is 2.10. The molecule has 0 spiro atoms. The van der Waals surface area contributed by atoms with Crippen LogP contribution < -0.4 is 0 Å². The molecule has 1 aliphatic rings. The number of sulfonamides is 1.